The third-order valence-electron chi connectivity index (χ3n) is 4.93. The molecule has 1 aliphatic rings. The molecule has 2 aromatic carbocycles. The van der Waals surface area contributed by atoms with Crippen LogP contribution < -0.4 is 4.74 Å². The largest absolute Gasteiger partial charge is 0.507 e. The number of aliphatic hydroxyl groups is 1. The zero-order valence-corrected chi connectivity index (χ0v) is 15.4. The highest BCUT2D eigenvalue weighted by atomic mass is 16.5. The van der Waals surface area contributed by atoms with Gasteiger partial charge >= 0.3 is 0 Å². The van der Waals surface area contributed by atoms with Gasteiger partial charge in [-0.15, -0.1) is 0 Å². The van der Waals surface area contributed by atoms with E-state index in [1.54, 1.807) is 11.0 Å². The van der Waals surface area contributed by atoms with E-state index in [1.165, 1.54) is 19.2 Å². The number of phenolic OH excluding ortho intramolecular Hbond substituents is 1. The summed E-state index contributed by atoms with van der Waals surface area (Å²) < 4.78 is 6.97. The number of hydrogen-bond acceptors (Lipinski definition) is 5. The maximum absolute atomic E-state index is 12.9. The number of phenols is 1. The molecular formula is C21H21N3O4. The summed E-state index contributed by atoms with van der Waals surface area (Å²) in [5.41, 5.74) is 2.37. The third kappa shape index (κ3) is 3.32. The Morgan fingerprint density at radius 2 is 1.93 bits per heavy atom. The zero-order valence-electron chi connectivity index (χ0n) is 15.4. The Balaban J connectivity index is 1.55. The summed E-state index contributed by atoms with van der Waals surface area (Å²) in [5.74, 6) is 0.163. The maximum atomic E-state index is 12.9. The van der Waals surface area contributed by atoms with Crippen LogP contribution in [0.1, 0.15) is 33.4 Å². The lowest BCUT2D eigenvalue weighted by Gasteiger charge is -2.28. The van der Waals surface area contributed by atoms with Gasteiger partial charge < -0.3 is 19.8 Å². The minimum atomic E-state index is -0.814. The van der Waals surface area contributed by atoms with Crippen LogP contribution in [0, 0.1) is 0 Å². The molecule has 3 aromatic rings. The van der Waals surface area contributed by atoms with Crippen molar-refractivity contribution < 1.29 is 19.7 Å². The van der Waals surface area contributed by atoms with Crippen LogP contribution in [0.25, 0.3) is 0 Å². The summed E-state index contributed by atoms with van der Waals surface area (Å²) >= 11 is 0. The van der Waals surface area contributed by atoms with Crippen LogP contribution in [-0.2, 0) is 13.1 Å². The fraction of sp³-hybridized carbons (Fsp3) is 0.238. The molecule has 0 bridgehead atoms. The van der Waals surface area contributed by atoms with Gasteiger partial charge in [-0.05, 0) is 29.8 Å². The van der Waals surface area contributed by atoms with E-state index in [-0.39, 0.29) is 17.2 Å². The van der Waals surface area contributed by atoms with Crippen molar-refractivity contribution in [3.63, 3.8) is 0 Å². The van der Waals surface area contributed by atoms with E-state index in [2.05, 4.69) is 5.10 Å². The average Bonchev–Trinajstić information content (AvgIpc) is 3.17. The standard InChI is InChI=1S/C21H21N3O4/c1-28-16-7-8-19(25)17(12-16)21(27)23-9-10-24-15(13-23)11-18(22-24)20(26)14-5-3-2-4-6-14/h2-8,11-12,20,25-26H,9-10,13H2,1H3/t20-/m0/s1. The Morgan fingerprint density at radius 1 is 1.14 bits per heavy atom. The number of hydrogen-bond donors (Lipinski definition) is 2. The van der Waals surface area contributed by atoms with Gasteiger partial charge in [-0.25, -0.2) is 0 Å². The lowest BCUT2D eigenvalue weighted by molar-refractivity contribution is 0.0702. The SMILES string of the molecule is COc1ccc(O)c(C(=O)N2CCn3nc([C@@H](O)c4ccccc4)cc3C2)c1. The number of aromatic nitrogens is 2. The van der Waals surface area contributed by atoms with Crippen molar-refractivity contribution in [1.29, 1.82) is 0 Å². The second kappa shape index (κ2) is 7.36. The minimum Gasteiger partial charge on any atom is -0.507 e. The Morgan fingerprint density at radius 3 is 2.68 bits per heavy atom. The first-order chi connectivity index (χ1) is 13.6. The number of methoxy groups -OCH3 is 1. The number of benzene rings is 2. The molecule has 2 heterocycles. The summed E-state index contributed by atoms with van der Waals surface area (Å²) in [5, 5.41) is 25.2. The van der Waals surface area contributed by atoms with Gasteiger partial charge in [0.2, 0.25) is 0 Å². The number of ether oxygens (including phenoxy) is 1. The predicted molar refractivity (Wildman–Crippen MR) is 102 cm³/mol. The molecule has 28 heavy (non-hydrogen) atoms. The number of nitrogens with zero attached hydrogens (tertiary/aromatic N) is 3. The fourth-order valence-corrected chi connectivity index (χ4v) is 3.39. The predicted octanol–water partition coefficient (Wildman–Crippen LogP) is 2.33. The normalized spacial score (nSPS) is 14.4. The van der Waals surface area contributed by atoms with E-state index in [1.807, 2.05) is 41.1 Å². The van der Waals surface area contributed by atoms with Crippen LogP contribution in [0.15, 0.2) is 54.6 Å². The number of amides is 1. The highest BCUT2D eigenvalue weighted by Gasteiger charge is 2.26. The molecule has 0 saturated carbocycles. The monoisotopic (exact) mass is 379 g/mol. The molecule has 1 amide bonds. The van der Waals surface area contributed by atoms with E-state index in [0.717, 1.165) is 11.3 Å². The van der Waals surface area contributed by atoms with Crippen molar-refractivity contribution in [1.82, 2.24) is 14.7 Å². The molecule has 0 spiro atoms. The van der Waals surface area contributed by atoms with Crippen LogP contribution in [0.3, 0.4) is 0 Å². The van der Waals surface area contributed by atoms with E-state index in [9.17, 15) is 15.0 Å². The van der Waals surface area contributed by atoms with Gasteiger partial charge in [0.25, 0.3) is 5.91 Å². The van der Waals surface area contributed by atoms with Crippen molar-refractivity contribution in [2.24, 2.45) is 0 Å². The molecule has 2 N–H and O–H groups in total. The van der Waals surface area contributed by atoms with Gasteiger partial charge in [-0.2, -0.15) is 5.10 Å². The first-order valence-corrected chi connectivity index (χ1v) is 9.02. The molecule has 1 aromatic heterocycles. The van der Waals surface area contributed by atoms with E-state index < -0.39 is 6.10 Å². The van der Waals surface area contributed by atoms with Crippen LogP contribution in [0.4, 0.5) is 0 Å². The Labute approximate surface area is 162 Å². The number of carbonyl (C=O) groups is 1. The number of aromatic hydroxyl groups is 1. The molecule has 1 aliphatic heterocycles. The number of carbonyl (C=O) groups excluding carboxylic acids is 1. The van der Waals surface area contributed by atoms with Crippen LogP contribution in [0.2, 0.25) is 0 Å². The van der Waals surface area contributed by atoms with Crippen molar-refractivity contribution in [2.45, 2.75) is 19.2 Å². The number of fused-ring (bicyclic) bond motifs is 1. The second-order valence-electron chi connectivity index (χ2n) is 6.71. The van der Waals surface area contributed by atoms with Crippen LogP contribution in [0.5, 0.6) is 11.5 Å². The number of aliphatic hydroxyl groups excluding tert-OH is 1. The Kier molecular flexibility index (Phi) is 4.75. The van der Waals surface area contributed by atoms with E-state index in [0.29, 0.717) is 31.1 Å². The molecule has 4 rings (SSSR count). The molecular weight excluding hydrogens is 358 g/mol. The molecule has 0 radical (unpaired) electrons. The molecule has 144 valence electrons. The van der Waals surface area contributed by atoms with Crippen molar-refractivity contribution in [3.8, 4) is 11.5 Å². The summed E-state index contributed by atoms with van der Waals surface area (Å²) in [7, 11) is 1.51. The van der Waals surface area contributed by atoms with Gasteiger partial charge in [-0.3, -0.25) is 9.48 Å². The molecule has 0 saturated heterocycles. The maximum Gasteiger partial charge on any atom is 0.258 e. The number of rotatable bonds is 4. The van der Waals surface area contributed by atoms with Crippen molar-refractivity contribution >= 4 is 5.91 Å². The summed E-state index contributed by atoms with van der Waals surface area (Å²) in [6, 6.07) is 15.8. The highest BCUT2D eigenvalue weighted by molar-refractivity contribution is 5.97. The summed E-state index contributed by atoms with van der Waals surface area (Å²) in [6.07, 6.45) is -0.814. The summed E-state index contributed by atoms with van der Waals surface area (Å²) in [4.78, 5) is 14.5. The van der Waals surface area contributed by atoms with Crippen molar-refractivity contribution in [2.75, 3.05) is 13.7 Å². The van der Waals surface area contributed by atoms with E-state index in [4.69, 9.17) is 4.74 Å². The van der Waals surface area contributed by atoms with Gasteiger partial charge in [0.1, 0.15) is 17.6 Å². The van der Waals surface area contributed by atoms with E-state index >= 15 is 0 Å². The topological polar surface area (TPSA) is 87.8 Å². The van der Waals surface area contributed by atoms with Gasteiger partial charge in [0.15, 0.2) is 0 Å². The third-order valence-corrected chi connectivity index (χ3v) is 4.93. The zero-order chi connectivity index (χ0) is 19.7. The van der Waals surface area contributed by atoms with Crippen LogP contribution in [-0.4, -0.2) is 44.5 Å². The molecule has 0 unspecified atom stereocenters. The van der Waals surface area contributed by atoms with Gasteiger partial charge in [0.05, 0.1) is 37.2 Å². The Hall–Kier alpha value is -3.32. The highest BCUT2D eigenvalue weighted by Crippen LogP contribution is 2.27. The molecule has 0 fully saturated rings. The average molecular weight is 379 g/mol. The van der Waals surface area contributed by atoms with Gasteiger partial charge in [0, 0.05) is 6.54 Å². The smallest absolute Gasteiger partial charge is 0.258 e. The molecule has 1 atom stereocenters. The first-order valence-electron chi connectivity index (χ1n) is 9.02. The summed E-state index contributed by atoms with van der Waals surface area (Å²) in [6.45, 7) is 1.34. The lowest BCUT2D eigenvalue weighted by Crippen LogP contribution is -2.38. The molecule has 0 aliphatic carbocycles. The molecule has 7 nitrogen and oxygen atoms in total. The first kappa shape index (κ1) is 18.1. The fourth-order valence-electron chi connectivity index (χ4n) is 3.39. The van der Waals surface area contributed by atoms with Crippen LogP contribution >= 0.6 is 0 Å². The van der Waals surface area contributed by atoms with Gasteiger partial charge in [-0.1, -0.05) is 30.3 Å². The minimum absolute atomic E-state index is 0.0786. The van der Waals surface area contributed by atoms with Crippen molar-refractivity contribution in [3.05, 3.63) is 77.1 Å². The second-order valence-corrected chi connectivity index (χ2v) is 6.71. The quantitative estimate of drug-likeness (QED) is 0.726. The molecule has 7 heteroatoms. The Bertz CT molecular complexity index is 1000. The lowest BCUT2D eigenvalue weighted by atomic mass is 10.1.